The molecule has 2 unspecified atom stereocenters. The molecular formula is C12H21BrN2O. The van der Waals surface area contributed by atoms with Crippen LogP contribution in [0.3, 0.4) is 0 Å². The highest BCUT2D eigenvalue weighted by molar-refractivity contribution is 9.09. The van der Waals surface area contributed by atoms with Crippen LogP contribution in [0.1, 0.15) is 38.5 Å². The molecule has 92 valence electrons. The van der Waals surface area contributed by atoms with E-state index < -0.39 is 0 Å². The van der Waals surface area contributed by atoms with Gasteiger partial charge in [0.2, 0.25) is 5.91 Å². The van der Waals surface area contributed by atoms with Crippen LogP contribution in [0, 0.1) is 0 Å². The van der Waals surface area contributed by atoms with Crippen LogP contribution < -0.4 is 5.32 Å². The Bertz CT molecular complexity index is 245. The van der Waals surface area contributed by atoms with Gasteiger partial charge in [0.05, 0.1) is 0 Å². The summed E-state index contributed by atoms with van der Waals surface area (Å²) in [4.78, 5) is 14.1. The van der Waals surface area contributed by atoms with Crippen molar-refractivity contribution >= 4 is 21.8 Å². The van der Waals surface area contributed by atoms with Crippen LogP contribution in [0.15, 0.2) is 0 Å². The van der Waals surface area contributed by atoms with Crippen molar-refractivity contribution in [2.75, 3.05) is 12.4 Å². The number of piperidine rings is 2. The molecule has 2 aliphatic rings. The smallest absolute Gasteiger partial charge is 0.221 e. The summed E-state index contributed by atoms with van der Waals surface area (Å²) in [5.74, 6) is 0.199. The van der Waals surface area contributed by atoms with Crippen LogP contribution in [0.5, 0.6) is 0 Å². The van der Waals surface area contributed by atoms with Crippen molar-refractivity contribution < 1.29 is 4.79 Å². The molecule has 0 radical (unpaired) electrons. The minimum Gasteiger partial charge on any atom is -0.353 e. The van der Waals surface area contributed by atoms with Gasteiger partial charge in [0.15, 0.2) is 0 Å². The average Bonchev–Trinajstić information content (AvgIpc) is 2.20. The molecular weight excluding hydrogens is 268 g/mol. The summed E-state index contributed by atoms with van der Waals surface area (Å²) in [5.41, 5.74) is 0. The predicted molar refractivity (Wildman–Crippen MR) is 68.8 cm³/mol. The molecule has 2 saturated heterocycles. The third kappa shape index (κ3) is 2.77. The Balaban J connectivity index is 1.87. The molecule has 2 bridgehead atoms. The van der Waals surface area contributed by atoms with E-state index in [0.717, 1.165) is 18.2 Å². The summed E-state index contributed by atoms with van der Waals surface area (Å²) >= 11 is 3.30. The summed E-state index contributed by atoms with van der Waals surface area (Å²) in [6.45, 7) is 0. The van der Waals surface area contributed by atoms with Gasteiger partial charge in [-0.15, -0.1) is 0 Å². The van der Waals surface area contributed by atoms with Gasteiger partial charge < -0.3 is 10.2 Å². The largest absolute Gasteiger partial charge is 0.353 e. The summed E-state index contributed by atoms with van der Waals surface area (Å²) < 4.78 is 0. The molecule has 0 aromatic rings. The van der Waals surface area contributed by atoms with E-state index in [-0.39, 0.29) is 5.91 Å². The Morgan fingerprint density at radius 1 is 1.38 bits per heavy atom. The van der Waals surface area contributed by atoms with Gasteiger partial charge in [-0.25, -0.2) is 0 Å². The molecule has 1 N–H and O–H groups in total. The van der Waals surface area contributed by atoms with Gasteiger partial charge >= 0.3 is 0 Å². The highest BCUT2D eigenvalue weighted by atomic mass is 79.9. The number of amides is 1. The molecule has 2 fully saturated rings. The lowest BCUT2D eigenvalue weighted by Crippen LogP contribution is -2.55. The summed E-state index contributed by atoms with van der Waals surface area (Å²) in [6.07, 6.45) is 6.85. The van der Waals surface area contributed by atoms with Gasteiger partial charge in [-0.3, -0.25) is 4.79 Å². The van der Waals surface area contributed by atoms with E-state index in [0.29, 0.717) is 24.5 Å². The molecule has 0 aliphatic carbocycles. The number of hydrogen-bond donors (Lipinski definition) is 1. The van der Waals surface area contributed by atoms with Crippen molar-refractivity contribution in [2.24, 2.45) is 0 Å². The maximum absolute atomic E-state index is 11.6. The van der Waals surface area contributed by atoms with Crippen LogP contribution in [-0.4, -0.2) is 41.3 Å². The number of hydrogen-bond acceptors (Lipinski definition) is 2. The lowest BCUT2D eigenvalue weighted by atomic mass is 9.82. The Morgan fingerprint density at radius 2 is 2.00 bits per heavy atom. The second kappa shape index (κ2) is 5.50. The van der Waals surface area contributed by atoms with Crippen LogP contribution in [-0.2, 0) is 4.79 Å². The number of nitrogens with one attached hydrogen (secondary N) is 1. The fourth-order valence-corrected chi connectivity index (χ4v) is 3.48. The molecule has 0 saturated carbocycles. The Labute approximate surface area is 106 Å². The SMILES string of the molecule is CN1C2CCCC1CC(NC(=O)CCBr)C2. The van der Waals surface area contributed by atoms with Crippen molar-refractivity contribution in [1.82, 2.24) is 10.2 Å². The van der Waals surface area contributed by atoms with E-state index in [9.17, 15) is 4.79 Å². The van der Waals surface area contributed by atoms with Crippen LogP contribution in [0.4, 0.5) is 0 Å². The second-order valence-corrected chi connectivity index (χ2v) is 5.87. The first kappa shape index (κ1) is 12.4. The predicted octanol–water partition coefficient (Wildman–Crippen LogP) is 1.90. The zero-order valence-electron chi connectivity index (χ0n) is 9.92. The van der Waals surface area contributed by atoms with Crippen LogP contribution >= 0.6 is 15.9 Å². The fraction of sp³-hybridized carbons (Fsp3) is 0.917. The first-order valence-electron chi connectivity index (χ1n) is 6.28. The normalized spacial score (nSPS) is 34.8. The van der Waals surface area contributed by atoms with Crippen molar-refractivity contribution in [3.63, 3.8) is 0 Å². The molecule has 0 aromatic carbocycles. The third-order valence-electron chi connectivity index (χ3n) is 4.03. The number of halogens is 1. The molecule has 0 spiro atoms. The van der Waals surface area contributed by atoms with E-state index in [2.05, 4.69) is 33.2 Å². The molecule has 3 nitrogen and oxygen atoms in total. The van der Waals surface area contributed by atoms with Crippen molar-refractivity contribution in [3.05, 3.63) is 0 Å². The molecule has 4 heteroatoms. The monoisotopic (exact) mass is 288 g/mol. The maximum atomic E-state index is 11.6. The number of carbonyl (C=O) groups is 1. The third-order valence-corrected chi connectivity index (χ3v) is 4.42. The van der Waals surface area contributed by atoms with Crippen LogP contribution in [0.25, 0.3) is 0 Å². The number of carbonyl (C=O) groups excluding carboxylic acids is 1. The molecule has 2 heterocycles. The van der Waals surface area contributed by atoms with E-state index in [1.54, 1.807) is 0 Å². The standard InChI is InChI=1S/C12H21BrN2O/c1-15-10-3-2-4-11(15)8-9(7-10)14-12(16)5-6-13/h9-11H,2-8H2,1H3,(H,14,16). The number of rotatable bonds is 3. The van der Waals surface area contributed by atoms with Gasteiger partial charge in [0.25, 0.3) is 0 Å². The molecule has 0 aromatic heterocycles. The van der Waals surface area contributed by atoms with Gasteiger partial charge in [-0.05, 0) is 32.7 Å². The molecule has 2 rings (SSSR count). The summed E-state index contributed by atoms with van der Waals surface area (Å²) in [7, 11) is 2.24. The number of fused-ring (bicyclic) bond motifs is 2. The quantitative estimate of drug-likeness (QED) is 0.805. The minimum atomic E-state index is 0.199. The Morgan fingerprint density at radius 3 is 2.56 bits per heavy atom. The molecule has 1 amide bonds. The lowest BCUT2D eigenvalue weighted by molar-refractivity contribution is -0.122. The topological polar surface area (TPSA) is 32.3 Å². The molecule has 2 atom stereocenters. The van der Waals surface area contributed by atoms with Gasteiger partial charge in [-0.1, -0.05) is 22.4 Å². The van der Waals surface area contributed by atoms with E-state index in [4.69, 9.17) is 0 Å². The Hall–Kier alpha value is -0.0900. The van der Waals surface area contributed by atoms with E-state index in [1.165, 1.54) is 19.3 Å². The minimum absolute atomic E-state index is 0.199. The van der Waals surface area contributed by atoms with E-state index in [1.807, 2.05) is 0 Å². The fourth-order valence-electron chi connectivity index (χ4n) is 3.12. The summed E-state index contributed by atoms with van der Waals surface area (Å²) in [5, 5.41) is 3.94. The lowest BCUT2D eigenvalue weighted by Gasteiger charge is -2.47. The van der Waals surface area contributed by atoms with Gasteiger partial charge in [0, 0.05) is 29.9 Å². The number of nitrogens with zero attached hydrogens (tertiary/aromatic N) is 1. The zero-order chi connectivity index (χ0) is 11.5. The van der Waals surface area contributed by atoms with Crippen molar-refractivity contribution in [1.29, 1.82) is 0 Å². The Kier molecular flexibility index (Phi) is 4.25. The zero-order valence-corrected chi connectivity index (χ0v) is 11.5. The first-order chi connectivity index (χ1) is 7.70. The second-order valence-electron chi connectivity index (χ2n) is 5.08. The highest BCUT2D eigenvalue weighted by Gasteiger charge is 2.36. The summed E-state index contributed by atoms with van der Waals surface area (Å²) in [6, 6.07) is 1.81. The van der Waals surface area contributed by atoms with Crippen molar-refractivity contribution in [3.8, 4) is 0 Å². The highest BCUT2D eigenvalue weighted by Crippen LogP contribution is 2.32. The van der Waals surface area contributed by atoms with Crippen LogP contribution in [0.2, 0.25) is 0 Å². The van der Waals surface area contributed by atoms with Crippen molar-refractivity contribution in [2.45, 2.75) is 56.7 Å². The molecule has 2 aliphatic heterocycles. The average molecular weight is 289 g/mol. The first-order valence-corrected chi connectivity index (χ1v) is 7.40. The number of alkyl halides is 1. The van der Waals surface area contributed by atoms with Gasteiger partial charge in [0.1, 0.15) is 0 Å². The molecule has 16 heavy (non-hydrogen) atoms. The maximum Gasteiger partial charge on any atom is 0.221 e. The van der Waals surface area contributed by atoms with Gasteiger partial charge in [-0.2, -0.15) is 0 Å². The van der Waals surface area contributed by atoms with E-state index >= 15 is 0 Å².